The molecule has 0 aliphatic heterocycles. The lowest BCUT2D eigenvalue weighted by Gasteiger charge is -2.23. The SMILES string of the molecule is C=C/C=C(\N=C(C)C)C(=O)Nc1cc(C=N)c(N)cc1C(C)(C)O.CC. The van der Waals surface area contributed by atoms with Crippen LogP contribution in [-0.2, 0) is 10.4 Å². The van der Waals surface area contributed by atoms with Crippen molar-refractivity contribution in [2.75, 3.05) is 11.1 Å². The Hall–Kier alpha value is -2.73. The summed E-state index contributed by atoms with van der Waals surface area (Å²) >= 11 is 0. The van der Waals surface area contributed by atoms with Gasteiger partial charge < -0.3 is 21.6 Å². The van der Waals surface area contributed by atoms with Gasteiger partial charge in [-0.3, -0.25) is 9.79 Å². The van der Waals surface area contributed by atoms with Crippen LogP contribution in [0.4, 0.5) is 11.4 Å². The molecule has 0 spiro atoms. The van der Waals surface area contributed by atoms with Crippen molar-refractivity contribution in [3.63, 3.8) is 0 Å². The number of aliphatic hydroxyl groups is 1. The van der Waals surface area contributed by atoms with Crippen LogP contribution >= 0.6 is 0 Å². The van der Waals surface area contributed by atoms with Gasteiger partial charge in [0.2, 0.25) is 0 Å². The zero-order valence-corrected chi connectivity index (χ0v) is 16.5. The molecule has 0 aliphatic rings. The second kappa shape index (κ2) is 10.3. The maximum atomic E-state index is 12.5. The Morgan fingerprint density at radius 3 is 2.35 bits per heavy atom. The molecular weight excluding hydrogens is 328 g/mol. The predicted octanol–water partition coefficient (Wildman–Crippen LogP) is 4.01. The van der Waals surface area contributed by atoms with Crippen molar-refractivity contribution in [2.45, 2.75) is 47.1 Å². The number of hydrogen-bond acceptors (Lipinski definition) is 5. The van der Waals surface area contributed by atoms with Crippen molar-refractivity contribution < 1.29 is 9.90 Å². The van der Waals surface area contributed by atoms with Gasteiger partial charge in [-0.15, -0.1) is 0 Å². The van der Waals surface area contributed by atoms with Gasteiger partial charge in [0.05, 0.1) is 5.60 Å². The second-order valence-corrected chi connectivity index (χ2v) is 6.03. The summed E-state index contributed by atoms with van der Waals surface area (Å²) in [6.45, 7) is 14.3. The number of aliphatic imine (C=N–C) groups is 1. The highest BCUT2D eigenvalue weighted by Crippen LogP contribution is 2.31. The van der Waals surface area contributed by atoms with E-state index in [1.165, 1.54) is 12.2 Å². The van der Waals surface area contributed by atoms with Gasteiger partial charge in [0.1, 0.15) is 5.70 Å². The van der Waals surface area contributed by atoms with Crippen molar-refractivity contribution in [2.24, 2.45) is 4.99 Å². The van der Waals surface area contributed by atoms with Gasteiger partial charge in [-0.25, -0.2) is 0 Å². The molecule has 0 radical (unpaired) electrons. The molecule has 1 aromatic rings. The average Bonchev–Trinajstić information content (AvgIpc) is 2.56. The Labute approximate surface area is 156 Å². The average molecular weight is 358 g/mol. The molecule has 0 saturated heterocycles. The number of hydrogen-bond donors (Lipinski definition) is 4. The number of nitrogen functional groups attached to an aromatic ring is 1. The van der Waals surface area contributed by atoms with E-state index in [-0.39, 0.29) is 5.70 Å². The molecule has 0 saturated carbocycles. The molecule has 0 aliphatic carbocycles. The van der Waals surface area contributed by atoms with E-state index in [0.717, 1.165) is 11.9 Å². The van der Waals surface area contributed by atoms with E-state index in [2.05, 4.69) is 16.9 Å². The molecule has 1 aromatic carbocycles. The van der Waals surface area contributed by atoms with Gasteiger partial charge in [0, 0.05) is 34.4 Å². The molecule has 26 heavy (non-hydrogen) atoms. The molecule has 0 bridgehead atoms. The van der Waals surface area contributed by atoms with Crippen molar-refractivity contribution in [3.8, 4) is 0 Å². The third-order valence-electron chi connectivity index (χ3n) is 3.14. The predicted molar refractivity (Wildman–Crippen MR) is 111 cm³/mol. The number of anilines is 2. The lowest BCUT2D eigenvalue weighted by molar-refractivity contribution is -0.112. The molecule has 0 aromatic heterocycles. The lowest BCUT2D eigenvalue weighted by Crippen LogP contribution is -2.22. The van der Waals surface area contributed by atoms with Crippen LogP contribution < -0.4 is 11.1 Å². The Kier molecular flexibility index (Phi) is 9.22. The molecular formula is C20H30N4O2. The minimum absolute atomic E-state index is 0.194. The molecule has 6 heteroatoms. The van der Waals surface area contributed by atoms with Crippen molar-refractivity contribution >= 4 is 29.2 Å². The van der Waals surface area contributed by atoms with Gasteiger partial charge in [-0.1, -0.05) is 26.5 Å². The summed E-state index contributed by atoms with van der Waals surface area (Å²) in [4.78, 5) is 16.7. The molecule has 5 N–H and O–H groups in total. The Morgan fingerprint density at radius 2 is 1.92 bits per heavy atom. The summed E-state index contributed by atoms with van der Waals surface area (Å²) in [7, 11) is 0. The van der Waals surface area contributed by atoms with Crippen LogP contribution in [0, 0.1) is 5.41 Å². The van der Waals surface area contributed by atoms with Gasteiger partial charge >= 0.3 is 0 Å². The molecule has 0 unspecified atom stereocenters. The van der Waals surface area contributed by atoms with Crippen molar-refractivity contribution in [3.05, 3.63) is 47.7 Å². The summed E-state index contributed by atoms with van der Waals surface area (Å²) in [5.74, 6) is -0.442. The van der Waals surface area contributed by atoms with Crippen LogP contribution in [-0.4, -0.2) is 22.9 Å². The fraction of sp³-hybridized carbons (Fsp3) is 0.350. The monoisotopic (exact) mass is 358 g/mol. The first kappa shape index (κ1) is 23.3. The number of nitrogens with zero attached hydrogens (tertiary/aromatic N) is 1. The third-order valence-corrected chi connectivity index (χ3v) is 3.14. The van der Waals surface area contributed by atoms with Gasteiger partial charge in [-0.2, -0.15) is 0 Å². The number of benzene rings is 1. The summed E-state index contributed by atoms with van der Waals surface area (Å²) in [6, 6.07) is 3.11. The molecule has 6 nitrogen and oxygen atoms in total. The lowest BCUT2D eigenvalue weighted by atomic mass is 9.94. The maximum absolute atomic E-state index is 12.5. The molecule has 142 valence electrons. The standard InChI is InChI=1S/C18H24N4O2.C2H6/c1-6-7-15(21-11(2)3)17(23)22-16-8-12(10-19)14(20)9-13(16)18(4,5)24;1-2/h6-10,19,24H,1,20H2,2-5H3,(H,22,23);1-2H3/b15-7-,19-10?;. The summed E-state index contributed by atoms with van der Waals surface area (Å²) in [5, 5.41) is 20.5. The highest BCUT2D eigenvalue weighted by atomic mass is 16.3. The van der Waals surface area contributed by atoms with Crippen LogP contribution in [0.15, 0.2) is 41.6 Å². The fourth-order valence-corrected chi connectivity index (χ4v) is 2.07. The summed E-state index contributed by atoms with van der Waals surface area (Å²) < 4.78 is 0. The Bertz CT molecular complexity index is 722. The highest BCUT2D eigenvalue weighted by molar-refractivity contribution is 6.06. The largest absolute Gasteiger partial charge is 0.398 e. The minimum atomic E-state index is -1.22. The first-order valence-corrected chi connectivity index (χ1v) is 8.43. The normalized spacial score (nSPS) is 11.0. The van der Waals surface area contributed by atoms with Crippen LogP contribution in [0.25, 0.3) is 0 Å². The van der Waals surface area contributed by atoms with Crippen LogP contribution in [0.5, 0.6) is 0 Å². The first-order valence-electron chi connectivity index (χ1n) is 8.43. The summed E-state index contributed by atoms with van der Waals surface area (Å²) in [6.07, 6.45) is 4.07. The highest BCUT2D eigenvalue weighted by Gasteiger charge is 2.23. The molecule has 1 rings (SSSR count). The number of rotatable bonds is 6. The van der Waals surface area contributed by atoms with E-state index >= 15 is 0 Å². The molecule has 1 amide bonds. The van der Waals surface area contributed by atoms with Crippen molar-refractivity contribution in [1.82, 2.24) is 0 Å². The minimum Gasteiger partial charge on any atom is -0.398 e. The van der Waals surface area contributed by atoms with Crippen LogP contribution in [0.1, 0.15) is 52.7 Å². The van der Waals surface area contributed by atoms with E-state index in [9.17, 15) is 9.90 Å². The molecule has 0 heterocycles. The Balaban J connectivity index is 0.00000301. The number of nitrogens with two attached hydrogens (primary N) is 1. The second-order valence-electron chi connectivity index (χ2n) is 6.03. The van der Waals surface area contributed by atoms with Gasteiger partial charge in [0.15, 0.2) is 0 Å². The Morgan fingerprint density at radius 1 is 1.35 bits per heavy atom. The third kappa shape index (κ3) is 6.64. The quantitative estimate of drug-likeness (QED) is 0.267. The zero-order chi connectivity index (χ0) is 20.5. The van der Waals surface area contributed by atoms with Gasteiger partial charge in [-0.05, 0) is 45.9 Å². The van der Waals surface area contributed by atoms with E-state index in [1.54, 1.807) is 39.8 Å². The molecule has 0 atom stereocenters. The van der Waals surface area contributed by atoms with E-state index < -0.39 is 11.5 Å². The number of amides is 1. The zero-order valence-electron chi connectivity index (χ0n) is 16.5. The van der Waals surface area contributed by atoms with Crippen LogP contribution in [0.2, 0.25) is 0 Å². The smallest absolute Gasteiger partial charge is 0.274 e. The van der Waals surface area contributed by atoms with Gasteiger partial charge in [0.25, 0.3) is 5.91 Å². The number of carbonyl (C=O) groups is 1. The maximum Gasteiger partial charge on any atom is 0.274 e. The summed E-state index contributed by atoms with van der Waals surface area (Å²) in [5.41, 5.74) is 7.20. The number of carbonyl (C=O) groups excluding carboxylic acids is 1. The topological polar surface area (TPSA) is 112 Å². The fourth-order valence-electron chi connectivity index (χ4n) is 2.07. The molecule has 0 fully saturated rings. The van der Waals surface area contributed by atoms with E-state index in [0.29, 0.717) is 22.5 Å². The number of nitrogens with one attached hydrogen (secondary N) is 2. The van der Waals surface area contributed by atoms with Crippen molar-refractivity contribution in [1.29, 1.82) is 5.41 Å². The first-order chi connectivity index (χ1) is 12.1. The van der Waals surface area contributed by atoms with E-state index in [4.69, 9.17) is 11.1 Å². The van der Waals surface area contributed by atoms with Crippen LogP contribution in [0.3, 0.4) is 0 Å². The number of allylic oxidation sites excluding steroid dienone is 2. The van der Waals surface area contributed by atoms with E-state index in [1.807, 2.05) is 13.8 Å².